The molecule has 0 heterocycles. The van der Waals surface area contributed by atoms with Crippen LogP contribution in [0.15, 0.2) is 46.9 Å². The second-order valence-corrected chi connectivity index (χ2v) is 5.21. The van der Waals surface area contributed by atoms with E-state index in [1.54, 1.807) is 6.07 Å². The Labute approximate surface area is 120 Å². The van der Waals surface area contributed by atoms with E-state index in [9.17, 15) is 4.39 Å². The van der Waals surface area contributed by atoms with Crippen LogP contribution in [0.4, 0.5) is 4.39 Å². The van der Waals surface area contributed by atoms with Crippen LogP contribution >= 0.6 is 15.9 Å². The second-order valence-electron chi connectivity index (χ2n) is 4.35. The van der Waals surface area contributed by atoms with E-state index in [1.807, 2.05) is 31.2 Å². The molecule has 100 valence electrons. The molecule has 2 rings (SSSR count). The summed E-state index contributed by atoms with van der Waals surface area (Å²) in [6.07, 6.45) is 0. The van der Waals surface area contributed by atoms with E-state index in [0.717, 1.165) is 15.6 Å². The number of hydrogen-bond acceptors (Lipinski definition) is 2. The van der Waals surface area contributed by atoms with Gasteiger partial charge in [-0.25, -0.2) is 4.39 Å². The lowest BCUT2D eigenvalue weighted by atomic mass is 10.1. The molecule has 0 aliphatic carbocycles. The highest BCUT2D eigenvalue weighted by atomic mass is 79.9. The summed E-state index contributed by atoms with van der Waals surface area (Å²) in [6.45, 7) is 2.21. The van der Waals surface area contributed by atoms with Crippen LogP contribution in [0.25, 0.3) is 0 Å². The second kappa shape index (κ2) is 6.17. The Morgan fingerprint density at radius 1 is 1.26 bits per heavy atom. The van der Waals surface area contributed by atoms with E-state index >= 15 is 0 Å². The van der Waals surface area contributed by atoms with Crippen LogP contribution in [0.5, 0.6) is 5.75 Å². The number of nitrogens with two attached hydrogens (primary N) is 1. The van der Waals surface area contributed by atoms with Gasteiger partial charge in [-0.05, 0) is 19.1 Å². The molecule has 1 unspecified atom stereocenters. The maximum absolute atomic E-state index is 13.3. The van der Waals surface area contributed by atoms with Gasteiger partial charge in [-0.15, -0.1) is 0 Å². The Morgan fingerprint density at radius 2 is 2.00 bits per heavy atom. The summed E-state index contributed by atoms with van der Waals surface area (Å²) in [5.41, 5.74) is 7.65. The molecule has 0 saturated carbocycles. The van der Waals surface area contributed by atoms with Crippen LogP contribution in [0, 0.1) is 5.82 Å². The smallest absolute Gasteiger partial charge is 0.127 e. The largest absolute Gasteiger partial charge is 0.488 e. The predicted octanol–water partition coefficient (Wildman–Crippen LogP) is 4.19. The minimum atomic E-state index is -0.327. The lowest BCUT2D eigenvalue weighted by Gasteiger charge is -2.14. The summed E-state index contributed by atoms with van der Waals surface area (Å²) in [6, 6.07) is 12.0. The fourth-order valence-corrected chi connectivity index (χ4v) is 2.18. The van der Waals surface area contributed by atoms with Crippen molar-refractivity contribution in [1.82, 2.24) is 0 Å². The van der Waals surface area contributed by atoms with Crippen LogP contribution in [-0.2, 0) is 6.61 Å². The molecule has 0 spiro atoms. The first kappa shape index (κ1) is 14.0. The van der Waals surface area contributed by atoms with Crippen molar-refractivity contribution < 1.29 is 9.13 Å². The first-order chi connectivity index (χ1) is 9.08. The zero-order valence-corrected chi connectivity index (χ0v) is 12.2. The molecule has 0 bridgehead atoms. The summed E-state index contributed by atoms with van der Waals surface area (Å²) in [7, 11) is 0. The molecule has 19 heavy (non-hydrogen) atoms. The lowest BCUT2D eigenvalue weighted by Crippen LogP contribution is -2.08. The van der Waals surface area contributed by atoms with Gasteiger partial charge < -0.3 is 10.5 Å². The summed E-state index contributed by atoms with van der Waals surface area (Å²) in [5, 5.41) is 0. The maximum atomic E-state index is 13.3. The number of halogens is 2. The van der Waals surface area contributed by atoms with Gasteiger partial charge in [-0.2, -0.15) is 0 Å². The normalized spacial score (nSPS) is 12.2. The number of ether oxygens (including phenoxy) is 1. The van der Waals surface area contributed by atoms with Crippen molar-refractivity contribution in [3.63, 3.8) is 0 Å². The summed E-state index contributed by atoms with van der Waals surface area (Å²) in [4.78, 5) is 0. The van der Waals surface area contributed by atoms with Gasteiger partial charge >= 0.3 is 0 Å². The molecule has 0 aromatic heterocycles. The highest BCUT2D eigenvalue weighted by molar-refractivity contribution is 9.10. The first-order valence-electron chi connectivity index (χ1n) is 5.99. The van der Waals surface area contributed by atoms with Crippen molar-refractivity contribution in [2.75, 3.05) is 0 Å². The minimum absolute atomic E-state index is 0.199. The highest BCUT2D eigenvalue weighted by Gasteiger charge is 2.10. The first-order valence-corrected chi connectivity index (χ1v) is 6.78. The molecule has 2 aromatic rings. The Balaban J connectivity index is 2.19. The van der Waals surface area contributed by atoms with Gasteiger partial charge in [0.25, 0.3) is 0 Å². The monoisotopic (exact) mass is 323 g/mol. The molecule has 1 atom stereocenters. The predicted molar refractivity (Wildman–Crippen MR) is 77.5 cm³/mol. The van der Waals surface area contributed by atoms with Gasteiger partial charge in [0.1, 0.15) is 18.2 Å². The molecule has 4 heteroatoms. The van der Waals surface area contributed by atoms with Crippen molar-refractivity contribution in [3.8, 4) is 5.75 Å². The van der Waals surface area contributed by atoms with E-state index in [0.29, 0.717) is 12.4 Å². The van der Waals surface area contributed by atoms with Gasteiger partial charge in [0.2, 0.25) is 0 Å². The number of hydrogen-bond donors (Lipinski definition) is 1. The van der Waals surface area contributed by atoms with Gasteiger partial charge in [-0.3, -0.25) is 0 Å². The van der Waals surface area contributed by atoms with Crippen molar-refractivity contribution in [1.29, 1.82) is 0 Å². The molecule has 0 aliphatic heterocycles. The van der Waals surface area contributed by atoms with Crippen LogP contribution in [-0.4, -0.2) is 0 Å². The molecular weight excluding hydrogens is 309 g/mol. The zero-order valence-electron chi connectivity index (χ0n) is 10.6. The third-order valence-corrected chi connectivity index (χ3v) is 3.58. The third kappa shape index (κ3) is 3.55. The Hall–Kier alpha value is -1.39. The third-order valence-electron chi connectivity index (χ3n) is 2.81. The lowest BCUT2D eigenvalue weighted by molar-refractivity contribution is 0.299. The molecule has 2 N–H and O–H groups in total. The van der Waals surface area contributed by atoms with Crippen molar-refractivity contribution in [2.45, 2.75) is 19.6 Å². The van der Waals surface area contributed by atoms with Crippen LogP contribution in [0.2, 0.25) is 0 Å². The average Bonchev–Trinajstić information content (AvgIpc) is 2.37. The zero-order chi connectivity index (χ0) is 13.8. The molecule has 0 amide bonds. The molecule has 0 aliphatic rings. The fourth-order valence-electron chi connectivity index (χ4n) is 1.78. The van der Waals surface area contributed by atoms with Gasteiger partial charge in [-0.1, -0.05) is 40.2 Å². The van der Waals surface area contributed by atoms with E-state index in [2.05, 4.69) is 15.9 Å². The summed E-state index contributed by atoms with van der Waals surface area (Å²) >= 11 is 3.45. The van der Waals surface area contributed by atoms with Gasteiger partial charge in [0.15, 0.2) is 0 Å². The molecule has 2 aromatic carbocycles. The van der Waals surface area contributed by atoms with E-state index in [1.165, 1.54) is 12.1 Å². The Bertz CT molecular complexity index is 572. The molecule has 0 saturated heterocycles. The highest BCUT2D eigenvalue weighted by Crippen LogP contribution is 2.26. The quantitative estimate of drug-likeness (QED) is 0.915. The number of rotatable bonds is 4. The van der Waals surface area contributed by atoms with E-state index < -0.39 is 0 Å². The average molecular weight is 324 g/mol. The molecule has 0 radical (unpaired) electrons. The summed E-state index contributed by atoms with van der Waals surface area (Å²) in [5.74, 6) is 0.164. The maximum Gasteiger partial charge on any atom is 0.127 e. The van der Waals surface area contributed by atoms with Gasteiger partial charge in [0.05, 0.1) is 0 Å². The van der Waals surface area contributed by atoms with Crippen LogP contribution < -0.4 is 10.5 Å². The Kier molecular flexibility index (Phi) is 4.56. The van der Waals surface area contributed by atoms with Crippen molar-refractivity contribution in [3.05, 3.63) is 63.9 Å². The van der Waals surface area contributed by atoms with Crippen molar-refractivity contribution >= 4 is 15.9 Å². The molecular formula is C15H15BrFNO. The number of benzene rings is 2. The Morgan fingerprint density at radius 3 is 2.68 bits per heavy atom. The topological polar surface area (TPSA) is 35.2 Å². The van der Waals surface area contributed by atoms with Crippen molar-refractivity contribution in [2.24, 2.45) is 5.73 Å². The molecule has 2 nitrogen and oxygen atoms in total. The SMILES string of the molecule is CC(N)c1ccc(F)cc1OCc1ccccc1Br. The summed E-state index contributed by atoms with van der Waals surface area (Å²) < 4.78 is 19.9. The minimum Gasteiger partial charge on any atom is -0.488 e. The van der Waals surface area contributed by atoms with Crippen LogP contribution in [0.1, 0.15) is 24.1 Å². The fraction of sp³-hybridized carbons (Fsp3) is 0.200. The van der Waals surface area contributed by atoms with E-state index in [-0.39, 0.29) is 11.9 Å². The van der Waals surface area contributed by atoms with Crippen LogP contribution in [0.3, 0.4) is 0 Å². The standard InChI is InChI=1S/C15H15BrFNO/c1-10(18)13-7-6-12(17)8-15(13)19-9-11-4-2-3-5-14(11)16/h2-8,10H,9,18H2,1H3. The van der Waals surface area contributed by atoms with E-state index in [4.69, 9.17) is 10.5 Å². The van der Waals surface area contributed by atoms with Gasteiger partial charge in [0, 0.05) is 27.7 Å². The molecule has 0 fully saturated rings.